The molecule has 0 spiro atoms. The molecular weight excluding hydrogens is 426 g/mol. The highest BCUT2D eigenvalue weighted by Gasteiger charge is 2.11. The summed E-state index contributed by atoms with van der Waals surface area (Å²) < 4.78 is 22.2. The van der Waals surface area contributed by atoms with E-state index < -0.39 is 0 Å². The molecule has 0 aromatic heterocycles. The lowest BCUT2D eigenvalue weighted by molar-refractivity contribution is 0.284. The summed E-state index contributed by atoms with van der Waals surface area (Å²) in [4.78, 5) is 0. The van der Waals surface area contributed by atoms with Crippen LogP contribution < -0.4 is 24.3 Å². The maximum Gasteiger partial charge on any atom is 0.163 e. The van der Waals surface area contributed by atoms with Crippen molar-refractivity contribution in [3.05, 3.63) is 81.9 Å². The molecule has 3 rings (SSSR count). The highest BCUT2D eigenvalue weighted by atomic mass is 35.5. The van der Waals surface area contributed by atoms with Crippen LogP contribution in [0.2, 0.25) is 5.02 Å². The number of methoxy groups -OCH3 is 3. The summed E-state index contributed by atoms with van der Waals surface area (Å²) in [5.74, 6) is 2.76. The minimum absolute atomic E-state index is 0.454. The number of hydrogen-bond donors (Lipinski definition) is 1. The lowest BCUT2D eigenvalue weighted by atomic mass is 10.1. The Labute approximate surface area is 195 Å². The zero-order chi connectivity index (χ0) is 22.9. The topological polar surface area (TPSA) is 49.0 Å². The predicted molar refractivity (Wildman–Crippen MR) is 128 cm³/mol. The largest absolute Gasteiger partial charge is 0.493 e. The van der Waals surface area contributed by atoms with E-state index in [0.29, 0.717) is 29.7 Å². The number of rotatable bonds is 11. The molecule has 3 aromatic carbocycles. The lowest BCUT2D eigenvalue weighted by Gasteiger charge is -2.15. The fourth-order valence-corrected chi connectivity index (χ4v) is 3.54. The Morgan fingerprint density at radius 1 is 0.750 bits per heavy atom. The third-order valence-electron chi connectivity index (χ3n) is 5.20. The molecule has 0 unspecified atom stereocenters. The molecule has 0 fully saturated rings. The molecule has 5 nitrogen and oxygen atoms in total. The van der Waals surface area contributed by atoms with E-state index in [1.807, 2.05) is 30.3 Å². The molecule has 6 heteroatoms. The molecule has 0 saturated carbocycles. The second-order valence-corrected chi connectivity index (χ2v) is 7.89. The van der Waals surface area contributed by atoms with Gasteiger partial charge in [-0.3, -0.25) is 0 Å². The maximum absolute atomic E-state index is 6.52. The number of nitrogens with one attached hydrogen (secondary N) is 1. The van der Waals surface area contributed by atoms with E-state index in [2.05, 4.69) is 36.5 Å². The number of hydrogen-bond acceptors (Lipinski definition) is 5. The zero-order valence-electron chi connectivity index (χ0n) is 19.0. The summed E-state index contributed by atoms with van der Waals surface area (Å²) in [7, 11) is 4.91. The lowest BCUT2D eigenvalue weighted by Crippen LogP contribution is -2.17. The van der Waals surface area contributed by atoms with E-state index in [9.17, 15) is 0 Å². The van der Waals surface area contributed by atoms with Crippen molar-refractivity contribution in [2.45, 2.75) is 26.5 Å². The Morgan fingerprint density at radius 2 is 1.41 bits per heavy atom. The van der Waals surface area contributed by atoms with Gasteiger partial charge in [-0.2, -0.15) is 0 Å². The summed E-state index contributed by atoms with van der Waals surface area (Å²) in [5.41, 5.74) is 4.43. The van der Waals surface area contributed by atoms with Gasteiger partial charge in [0.25, 0.3) is 0 Å². The van der Waals surface area contributed by atoms with Crippen LogP contribution in [0.5, 0.6) is 23.0 Å². The SMILES string of the molecule is COc1ccc(CCNCc2cc(OC)c(OCc3ccc(C)cc3)cc2Cl)cc1OC. The van der Waals surface area contributed by atoms with Crippen molar-refractivity contribution in [2.75, 3.05) is 27.9 Å². The predicted octanol–water partition coefficient (Wildman–Crippen LogP) is 5.59. The minimum Gasteiger partial charge on any atom is -0.493 e. The minimum atomic E-state index is 0.454. The molecule has 170 valence electrons. The third kappa shape index (κ3) is 6.31. The van der Waals surface area contributed by atoms with Crippen LogP contribution in [0.4, 0.5) is 0 Å². The highest BCUT2D eigenvalue weighted by molar-refractivity contribution is 6.31. The number of aryl methyl sites for hydroxylation is 1. The number of benzene rings is 3. The Kier molecular flexibility index (Phi) is 8.65. The molecule has 0 aliphatic carbocycles. The van der Waals surface area contributed by atoms with Crippen molar-refractivity contribution in [2.24, 2.45) is 0 Å². The normalized spacial score (nSPS) is 10.7. The van der Waals surface area contributed by atoms with Crippen LogP contribution in [-0.4, -0.2) is 27.9 Å². The fraction of sp³-hybridized carbons (Fsp3) is 0.308. The Balaban J connectivity index is 1.57. The first-order valence-corrected chi connectivity index (χ1v) is 10.9. The van der Waals surface area contributed by atoms with Crippen molar-refractivity contribution in [3.63, 3.8) is 0 Å². The molecular formula is C26H30ClNO4. The van der Waals surface area contributed by atoms with Crippen LogP contribution in [0.1, 0.15) is 22.3 Å². The van der Waals surface area contributed by atoms with Crippen LogP contribution in [0, 0.1) is 6.92 Å². The number of ether oxygens (including phenoxy) is 4. The second kappa shape index (κ2) is 11.7. The summed E-state index contributed by atoms with van der Waals surface area (Å²) in [6, 6.07) is 18.0. The van der Waals surface area contributed by atoms with Gasteiger partial charge in [-0.1, -0.05) is 47.5 Å². The first-order chi connectivity index (χ1) is 15.5. The standard InChI is InChI=1S/C26H30ClNO4/c1-18-5-7-20(8-6-18)17-32-26-15-22(27)21(14-25(26)31-4)16-28-12-11-19-9-10-23(29-2)24(13-19)30-3/h5-10,13-15,28H,11-12,16-17H2,1-4H3. The summed E-state index contributed by atoms with van der Waals surface area (Å²) in [6.07, 6.45) is 0.854. The Hall–Kier alpha value is -2.89. The monoisotopic (exact) mass is 455 g/mol. The summed E-state index contributed by atoms with van der Waals surface area (Å²) >= 11 is 6.52. The van der Waals surface area contributed by atoms with Crippen LogP contribution in [-0.2, 0) is 19.6 Å². The second-order valence-electron chi connectivity index (χ2n) is 7.48. The average molecular weight is 456 g/mol. The molecule has 0 bridgehead atoms. The molecule has 32 heavy (non-hydrogen) atoms. The molecule has 0 radical (unpaired) electrons. The van der Waals surface area contributed by atoms with Crippen molar-refractivity contribution < 1.29 is 18.9 Å². The van der Waals surface area contributed by atoms with Gasteiger partial charge in [-0.15, -0.1) is 0 Å². The van der Waals surface area contributed by atoms with Gasteiger partial charge in [0.2, 0.25) is 0 Å². The van der Waals surface area contributed by atoms with Gasteiger partial charge < -0.3 is 24.3 Å². The molecule has 0 saturated heterocycles. The van der Waals surface area contributed by atoms with Crippen LogP contribution >= 0.6 is 11.6 Å². The zero-order valence-corrected chi connectivity index (χ0v) is 19.8. The van der Waals surface area contributed by atoms with Gasteiger partial charge in [0, 0.05) is 17.6 Å². The van der Waals surface area contributed by atoms with E-state index in [1.165, 1.54) is 11.1 Å². The van der Waals surface area contributed by atoms with Crippen molar-refractivity contribution in [1.29, 1.82) is 0 Å². The Bertz CT molecular complexity index is 1020. The number of halogens is 1. The molecule has 1 N–H and O–H groups in total. The maximum atomic E-state index is 6.52. The molecule has 0 amide bonds. The summed E-state index contributed by atoms with van der Waals surface area (Å²) in [6.45, 7) is 3.93. The molecule has 3 aromatic rings. The first kappa shape index (κ1) is 23.8. The van der Waals surface area contributed by atoms with E-state index in [4.69, 9.17) is 30.5 Å². The van der Waals surface area contributed by atoms with Gasteiger partial charge in [0.05, 0.1) is 21.3 Å². The summed E-state index contributed by atoms with van der Waals surface area (Å²) in [5, 5.41) is 4.08. The van der Waals surface area contributed by atoms with Crippen LogP contribution in [0.3, 0.4) is 0 Å². The molecule has 0 aliphatic rings. The van der Waals surface area contributed by atoms with E-state index in [1.54, 1.807) is 21.3 Å². The van der Waals surface area contributed by atoms with E-state index >= 15 is 0 Å². The molecule has 0 aliphatic heterocycles. The fourth-order valence-electron chi connectivity index (χ4n) is 3.32. The van der Waals surface area contributed by atoms with Gasteiger partial charge in [-0.25, -0.2) is 0 Å². The van der Waals surface area contributed by atoms with Crippen LogP contribution in [0.15, 0.2) is 54.6 Å². The van der Waals surface area contributed by atoms with Gasteiger partial charge in [-0.05, 0) is 54.8 Å². The van der Waals surface area contributed by atoms with Gasteiger partial charge in [0.1, 0.15) is 6.61 Å². The smallest absolute Gasteiger partial charge is 0.163 e. The third-order valence-corrected chi connectivity index (χ3v) is 5.55. The average Bonchev–Trinajstić information content (AvgIpc) is 2.82. The molecule has 0 heterocycles. The Morgan fingerprint density at radius 3 is 2.09 bits per heavy atom. The van der Waals surface area contributed by atoms with Crippen molar-refractivity contribution in [1.82, 2.24) is 5.32 Å². The first-order valence-electron chi connectivity index (χ1n) is 10.5. The van der Waals surface area contributed by atoms with E-state index in [-0.39, 0.29) is 0 Å². The van der Waals surface area contributed by atoms with Crippen molar-refractivity contribution in [3.8, 4) is 23.0 Å². The van der Waals surface area contributed by atoms with Gasteiger partial charge in [0.15, 0.2) is 23.0 Å². The van der Waals surface area contributed by atoms with Gasteiger partial charge >= 0.3 is 0 Å². The van der Waals surface area contributed by atoms with E-state index in [0.717, 1.165) is 35.6 Å². The molecule has 0 atom stereocenters. The van der Waals surface area contributed by atoms with Crippen LogP contribution in [0.25, 0.3) is 0 Å². The van der Waals surface area contributed by atoms with Crippen molar-refractivity contribution >= 4 is 11.6 Å². The highest BCUT2D eigenvalue weighted by Crippen LogP contribution is 2.34. The quantitative estimate of drug-likeness (QED) is 0.382.